The van der Waals surface area contributed by atoms with Gasteiger partial charge in [0.15, 0.2) is 0 Å². The van der Waals surface area contributed by atoms with Gasteiger partial charge in [0.2, 0.25) is 11.8 Å². The van der Waals surface area contributed by atoms with Crippen molar-refractivity contribution in [1.29, 1.82) is 0 Å². The molecule has 3 rings (SSSR count). The molecule has 1 aromatic heterocycles. The largest absolute Gasteiger partial charge is 0.494 e. The zero-order valence-corrected chi connectivity index (χ0v) is 15.1. The molecule has 0 unspecified atom stereocenters. The molecule has 134 valence electrons. The normalized spacial score (nSPS) is 15.6. The summed E-state index contributed by atoms with van der Waals surface area (Å²) < 4.78 is 11.2. The molecule has 0 radical (unpaired) electrons. The minimum absolute atomic E-state index is 0.0647. The van der Waals surface area contributed by atoms with E-state index in [1.165, 1.54) is 0 Å². The van der Waals surface area contributed by atoms with E-state index in [9.17, 15) is 4.79 Å². The second-order valence-electron chi connectivity index (χ2n) is 6.66. The van der Waals surface area contributed by atoms with Gasteiger partial charge in [-0.1, -0.05) is 13.8 Å². The van der Waals surface area contributed by atoms with Gasteiger partial charge >= 0.3 is 0 Å². The first kappa shape index (κ1) is 17.5. The lowest BCUT2D eigenvalue weighted by Crippen LogP contribution is -2.38. The van der Waals surface area contributed by atoms with Crippen molar-refractivity contribution in [3.8, 4) is 5.75 Å². The van der Waals surface area contributed by atoms with E-state index in [2.05, 4.69) is 10.2 Å². The Hall–Kier alpha value is -2.37. The van der Waals surface area contributed by atoms with Gasteiger partial charge in [0, 0.05) is 30.5 Å². The number of hydrogen-bond acceptors (Lipinski definition) is 5. The van der Waals surface area contributed by atoms with Gasteiger partial charge < -0.3 is 14.1 Å². The maximum atomic E-state index is 12.6. The second kappa shape index (κ2) is 7.68. The molecule has 1 fully saturated rings. The van der Waals surface area contributed by atoms with Gasteiger partial charge in [0.05, 0.1) is 6.61 Å². The standard InChI is InChI=1S/C19H25N3O3/c1-4-24-16-7-5-15(6-8-16)19(23)22-11-9-14(10-12-22)18-21-20-17(25-18)13(2)3/h5-8,13-14H,4,9-12H2,1-3H3. The van der Waals surface area contributed by atoms with Crippen molar-refractivity contribution in [3.05, 3.63) is 41.6 Å². The summed E-state index contributed by atoms with van der Waals surface area (Å²) in [4.78, 5) is 14.5. The number of likely N-dealkylation sites (tertiary alicyclic amines) is 1. The number of rotatable bonds is 5. The summed E-state index contributed by atoms with van der Waals surface area (Å²) >= 11 is 0. The van der Waals surface area contributed by atoms with E-state index in [0.29, 0.717) is 37.0 Å². The first-order chi connectivity index (χ1) is 12.1. The molecule has 1 aliphatic rings. The Morgan fingerprint density at radius 1 is 1.24 bits per heavy atom. The Balaban J connectivity index is 1.58. The van der Waals surface area contributed by atoms with E-state index in [4.69, 9.17) is 9.15 Å². The van der Waals surface area contributed by atoms with Crippen molar-refractivity contribution in [1.82, 2.24) is 15.1 Å². The van der Waals surface area contributed by atoms with Crippen molar-refractivity contribution in [2.75, 3.05) is 19.7 Å². The third kappa shape index (κ3) is 4.00. The summed E-state index contributed by atoms with van der Waals surface area (Å²) in [7, 11) is 0. The van der Waals surface area contributed by atoms with Crippen molar-refractivity contribution in [3.63, 3.8) is 0 Å². The molecule has 1 aromatic carbocycles. The van der Waals surface area contributed by atoms with Crippen LogP contribution in [0, 0.1) is 0 Å². The van der Waals surface area contributed by atoms with Gasteiger partial charge in [-0.05, 0) is 44.0 Å². The highest BCUT2D eigenvalue weighted by Gasteiger charge is 2.28. The van der Waals surface area contributed by atoms with Gasteiger partial charge in [0.1, 0.15) is 5.75 Å². The van der Waals surface area contributed by atoms with Crippen LogP contribution in [0.25, 0.3) is 0 Å². The van der Waals surface area contributed by atoms with Gasteiger partial charge in [-0.2, -0.15) is 0 Å². The first-order valence-electron chi connectivity index (χ1n) is 8.94. The molecule has 0 N–H and O–H groups in total. The Morgan fingerprint density at radius 3 is 2.48 bits per heavy atom. The molecule has 1 amide bonds. The topological polar surface area (TPSA) is 68.5 Å². The van der Waals surface area contributed by atoms with E-state index >= 15 is 0 Å². The fourth-order valence-electron chi connectivity index (χ4n) is 3.02. The second-order valence-corrected chi connectivity index (χ2v) is 6.66. The number of amides is 1. The average molecular weight is 343 g/mol. The Morgan fingerprint density at radius 2 is 1.92 bits per heavy atom. The number of carbonyl (C=O) groups excluding carboxylic acids is 1. The van der Waals surface area contributed by atoms with E-state index < -0.39 is 0 Å². The quantitative estimate of drug-likeness (QED) is 0.829. The van der Waals surface area contributed by atoms with Crippen molar-refractivity contribution in [2.45, 2.75) is 45.4 Å². The lowest BCUT2D eigenvalue weighted by molar-refractivity contribution is 0.0706. The molecular weight excluding hydrogens is 318 g/mol. The smallest absolute Gasteiger partial charge is 0.253 e. The minimum atomic E-state index is 0.0647. The Labute approximate surface area is 148 Å². The maximum absolute atomic E-state index is 12.6. The highest BCUT2D eigenvalue weighted by atomic mass is 16.5. The van der Waals surface area contributed by atoms with Gasteiger partial charge in [-0.15, -0.1) is 10.2 Å². The van der Waals surface area contributed by atoms with E-state index in [0.717, 1.165) is 18.6 Å². The highest BCUT2D eigenvalue weighted by molar-refractivity contribution is 5.94. The SMILES string of the molecule is CCOc1ccc(C(=O)N2CCC(c3nnc(C(C)C)o3)CC2)cc1. The predicted molar refractivity (Wildman–Crippen MR) is 93.9 cm³/mol. The third-order valence-electron chi connectivity index (χ3n) is 4.49. The van der Waals surface area contributed by atoms with Crippen LogP contribution in [0.1, 0.15) is 67.6 Å². The molecule has 2 heterocycles. The Bertz CT molecular complexity index is 701. The summed E-state index contributed by atoms with van der Waals surface area (Å²) in [6.07, 6.45) is 1.70. The molecule has 25 heavy (non-hydrogen) atoms. The molecule has 0 saturated carbocycles. The highest BCUT2D eigenvalue weighted by Crippen LogP contribution is 2.29. The minimum Gasteiger partial charge on any atom is -0.494 e. The summed E-state index contributed by atoms with van der Waals surface area (Å²) in [6, 6.07) is 7.34. The number of ether oxygens (including phenoxy) is 1. The van der Waals surface area contributed by atoms with Crippen molar-refractivity contribution < 1.29 is 13.9 Å². The van der Waals surface area contributed by atoms with E-state index in [-0.39, 0.29) is 17.7 Å². The molecule has 0 spiro atoms. The lowest BCUT2D eigenvalue weighted by atomic mass is 9.96. The monoisotopic (exact) mass is 343 g/mol. The molecule has 2 aromatic rings. The van der Waals surface area contributed by atoms with E-state index in [1.54, 1.807) is 0 Å². The van der Waals surface area contributed by atoms with Gasteiger partial charge in [-0.25, -0.2) is 0 Å². The molecule has 0 aliphatic carbocycles. The Kier molecular flexibility index (Phi) is 5.36. The van der Waals surface area contributed by atoms with Crippen LogP contribution in [-0.2, 0) is 0 Å². The molecule has 6 heteroatoms. The van der Waals surface area contributed by atoms with Crippen LogP contribution in [-0.4, -0.2) is 40.7 Å². The number of benzene rings is 1. The molecule has 0 bridgehead atoms. The van der Waals surface area contributed by atoms with Crippen molar-refractivity contribution >= 4 is 5.91 Å². The molecular formula is C19H25N3O3. The van der Waals surface area contributed by atoms with Crippen LogP contribution >= 0.6 is 0 Å². The van der Waals surface area contributed by atoms with Crippen LogP contribution in [0.15, 0.2) is 28.7 Å². The number of carbonyl (C=O) groups is 1. The number of aromatic nitrogens is 2. The van der Waals surface area contributed by atoms with Crippen LogP contribution in [0.5, 0.6) is 5.75 Å². The van der Waals surface area contributed by atoms with E-state index in [1.807, 2.05) is 49.9 Å². The average Bonchev–Trinajstić information content (AvgIpc) is 3.13. The number of hydrogen-bond donors (Lipinski definition) is 0. The zero-order chi connectivity index (χ0) is 17.8. The molecule has 0 atom stereocenters. The molecule has 1 saturated heterocycles. The number of nitrogens with zero attached hydrogens (tertiary/aromatic N) is 3. The predicted octanol–water partition coefficient (Wildman–Crippen LogP) is 3.61. The van der Waals surface area contributed by atoms with Crippen LogP contribution < -0.4 is 4.74 Å². The fraction of sp³-hybridized carbons (Fsp3) is 0.526. The zero-order valence-electron chi connectivity index (χ0n) is 15.1. The molecule has 1 aliphatic heterocycles. The lowest BCUT2D eigenvalue weighted by Gasteiger charge is -2.30. The number of piperidine rings is 1. The maximum Gasteiger partial charge on any atom is 0.253 e. The summed E-state index contributed by atoms with van der Waals surface area (Å²) in [5, 5.41) is 8.29. The summed E-state index contributed by atoms with van der Waals surface area (Å²) in [5.41, 5.74) is 0.696. The third-order valence-corrected chi connectivity index (χ3v) is 4.49. The van der Waals surface area contributed by atoms with Gasteiger partial charge in [0.25, 0.3) is 5.91 Å². The fourth-order valence-corrected chi connectivity index (χ4v) is 3.02. The van der Waals surface area contributed by atoms with Crippen LogP contribution in [0.4, 0.5) is 0 Å². The molecule has 6 nitrogen and oxygen atoms in total. The summed E-state index contributed by atoms with van der Waals surface area (Å²) in [6.45, 7) is 8.04. The van der Waals surface area contributed by atoms with Crippen LogP contribution in [0.3, 0.4) is 0 Å². The first-order valence-corrected chi connectivity index (χ1v) is 8.94. The van der Waals surface area contributed by atoms with Crippen molar-refractivity contribution in [2.24, 2.45) is 0 Å². The van der Waals surface area contributed by atoms with Gasteiger partial charge in [-0.3, -0.25) is 4.79 Å². The summed E-state index contributed by atoms with van der Waals surface area (Å²) in [5.74, 6) is 2.72. The van der Waals surface area contributed by atoms with Crippen LogP contribution in [0.2, 0.25) is 0 Å².